The lowest BCUT2D eigenvalue weighted by Crippen LogP contribution is -1.91. The van der Waals surface area contributed by atoms with Crippen molar-refractivity contribution in [1.29, 1.82) is 0 Å². The fourth-order valence-corrected chi connectivity index (χ4v) is 3.15. The molecule has 0 amide bonds. The van der Waals surface area contributed by atoms with E-state index in [0.717, 1.165) is 23.2 Å². The van der Waals surface area contributed by atoms with Gasteiger partial charge in [0.25, 0.3) is 6.01 Å². The fraction of sp³-hybridized carbons (Fsp3) is 0.174. The van der Waals surface area contributed by atoms with E-state index in [1.54, 1.807) is 6.07 Å². The largest absolute Gasteiger partial charge is 0.423 e. The van der Waals surface area contributed by atoms with Gasteiger partial charge < -0.3 is 9.73 Å². The highest BCUT2D eigenvalue weighted by Crippen LogP contribution is 2.31. The van der Waals surface area contributed by atoms with Crippen LogP contribution in [0.1, 0.15) is 25.3 Å². The molecule has 0 bridgehead atoms. The summed E-state index contributed by atoms with van der Waals surface area (Å²) in [6, 6.07) is 20.9. The third-order valence-electron chi connectivity index (χ3n) is 4.58. The van der Waals surface area contributed by atoms with E-state index in [4.69, 9.17) is 4.42 Å². The van der Waals surface area contributed by atoms with Gasteiger partial charge in [-0.05, 0) is 54.3 Å². The zero-order valence-electron chi connectivity index (χ0n) is 15.2. The van der Waals surface area contributed by atoms with Crippen LogP contribution in [0.15, 0.2) is 71.1 Å². The Morgan fingerprint density at radius 2 is 1.81 bits per heavy atom. The molecule has 1 N–H and O–H groups in total. The number of aryl methyl sites for hydroxylation is 1. The predicted molar refractivity (Wildman–Crippen MR) is 108 cm³/mol. The van der Waals surface area contributed by atoms with Gasteiger partial charge >= 0.3 is 0 Å². The van der Waals surface area contributed by atoms with Crippen molar-refractivity contribution in [2.75, 3.05) is 5.32 Å². The number of aromatic nitrogens is 1. The summed E-state index contributed by atoms with van der Waals surface area (Å²) in [7, 11) is 0. The lowest BCUT2D eigenvalue weighted by atomic mass is 10.0. The summed E-state index contributed by atoms with van der Waals surface area (Å²) in [6.07, 6.45) is 3.48. The molecule has 4 rings (SSSR count). The summed E-state index contributed by atoms with van der Waals surface area (Å²) in [4.78, 5) is 4.59. The third kappa shape index (κ3) is 3.85. The second kappa shape index (κ2) is 7.62. The molecule has 4 heteroatoms. The molecule has 1 heterocycles. The van der Waals surface area contributed by atoms with Crippen LogP contribution < -0.4 is 5.32 Å². The SMILES string of the molecule is CCCCc1ccc(Nc2nc3c(-c4cccc(F)c4)cccc3o2)cc1. The number of oxazole rings is 1. The summed E-state index contributed by atoms with van der Waals surface area (Å²) >= 11 is 0. The molecular weight excluding hydrogens is 339 g/mol. The van der Waals surface area contributed by atoms with Crippen molar-refractivity contribution in [3.63, 3.8) is 0 Å². The Kier molecular flexibility index (Phi) is 4.88. The number of para-hydroxylation sites is 1. The van der Waals surface area contributed by atoms with Crippen molar-refractivity contribution in [2.24, 2.45) is 0 Å². The number of anilines is 2. The quantitative estimate of drug-likeness (QED) is 0.415. The van der Waals surface area contributed by atoms with Crippen molar-refractivity contribution >= 4 is 22.8 Å². The van der Waals surface area contributed by atoms with Crippen LogP contribution in [0.5, 0.6) is 0 Å². The summed E-state index contributed by atoms with van der Waals surface area (Å²) in [6.45, 7) is 2.20. The lowest BCUT2D eigenvalue weighted by Gasteiger charge is -2.04. The average molecular weight is 360 g/mol. The van der Waals surface area contributed by atoms with Crippen molar-refractivity contribution in [2.45, 2.75) is 26.2 Å². The normalized spacial score (nSPS) is 11.0. The Bertz CT molecular complexity index is 1050. The topological polar surface area (TPSA) is 38.1 Å². The van der Waals surface area contributed by atoms with Gasteiger partial charge in [0.05, 0.1) is 0 Å². The Morgan fingerprint density at radius 3 is 2.59 bits per heavy atom. The van der Waals surface area contributed by atoms with E-state index >= 15 is 0 Å². The molecule has 0 aliphatic rings. The second-order valence-corrected chi connectivity index (χ2v) is 6.61. The van der Waals surface area contributed by atoms with E-state index in [2.05, 4.69) is 29.4 Å². The number of rotatable bonds is 6. The molecule has 27 heavy (non-hydrogen) atoms. The summed E-state index contributed by atoms with van der Waals surface area (Å²) in [5, 5.41) is 3.21. The van der Waals surface area contributed by atoms with Crippen LogP contribution in [-0.2, 0) is 6.42 Å². The standard InChI is InChI=1S/C23H21FN2O/c1-2-3-6-16-11-13-19(14-12-16)25-23-26-22-20(9-5-10-21(22)27-23)17-7-4-8-18(24)15-17/h4-5,7-15H,2-3,6H2,1H3,(H,25,26). The minimum absolute atomic E-state index is 0.269. The number of halogens is 1. The first-order valence-corrected chi connectivity index (χ1v) is 9.24. The maximum atomic E-state index is 13.6. The minimum Gasteiger partial charge on any atom is -0.423 e. The van der Waals surface area contributed by atoms with E-state index in [0.29, 0.717) is 17.1 Å². The highest BCUT2D eigenvalue weighted by Gasteiger charge is 2.12. The van der Waals surface area contributed by atoms with Crippen molar-refractivity contribution in [3.8, 4) is 11.1 Å². The lowest BCUT2D eigenvalue weighted by molar-refractivity contribution is 0.623. The molecule has 0 spiro atoms. The summed E-state index contributed by atoms with van der Waals surface area (Å²) in [5.74, 6) is -0.269. The minimum atomic E-state index is -0.269. The molecule has 0 atom stereocenters. The predicted octanol–water partition coefficient (Wildman–Crippen LogP) is 6.72. The van der Waals surface area contributed by atoms with Crippen molar-refractivity contribution in [3.05, 3.63) is 78.1 Å². The molecule has 1 aromatic heterocycles. The monoisotopic (exact) mass is 360 g/mol. The molecule has 136 valence electrons. The number of nitrogens with one attached hydrogen (secondary N) is 1. The van der Waals surface area contributed by atoms with Crippen LogP contribution in [0.2, 0.25) is 0 Å². The molecule has 0 saturated heterocycles. The molecule has 0 fully saturated rings. The van der Waals surface area contributed by atoms with Gasteiger partial charge in [-0.1, -0.05) is 49.7 Å². The van der Waals surface area contributed by atoms with Gasteiger partial charge in [-0.25, -0.2) is 4.39 Å². The smallest absolute Gasteiger partial charge is 0.300 e. The van der Waals surface area contributed by atoms with E-state index < -0.39 is 0 Å². The fourth-order valence-electron chi connectivity index (χ4n) is 3.15. The van der Waals surface area contributed by atoms with Gasteiger partial charge in [-0.15, -0.1) is 0 Å². The zero-order valence-corrected chi connectivity index (χ0v) is 15.2. The second-order valence-electron chi connectivity index (χ2n) is 6.61. The van der Waals surface area contributed by atoms with Crippen molar-refractivity contribution < 1.29 is 8.81 Å². The van der Waals surface area contributed by atoms with Crippen LogP contribution in [0.4, 0.5) is 16.1 Å². The molecule has 3 aromatic carbocycles. The Hall–Kier alpha value is -3.14. The highest BCUT2D eigenvalue weighted by atomic mass is 19.1. The molecular formula is C23H21FN2O. The van der Waals surface area contributed by atoms with Crippen LogP contribution in [-0.4, -0.2) is 4.98 Å². The molecule has 0 radical (unpaired) electrons. The van der Waals surface area contributed by atoms with Gasteiger partial charge in [0, 0.05) is 11.3 Å². The third-order valence-corrected chi connectivity index (χ3v) is 4.58. The molecule has 0 aliphatic carbocycles. The molecule has 0 saturated carbocycles. The van der Waals surface area contributed by atoms with Crippen LogP contribution in [0.25, 0.3) is 22.2 Å². The number of nitrogens with zero attached hydrogens (tertiary/aromatic N) is 1. The highest BCUT2D eigenvalue weighted by molar-refractivity contribution is 5.91. The first-order valence-electron chi connectivity index (χ1n) is 9.24. The molecule has 0 aliphatic heterocycles. The van der Waals surface area contributed by atoms with E-state index in [9.17, 15) is 4.39 Å². The Balaban J connectivity index is 1.61. The van der Waals surface area contributed by atoms with Crippen molar-refractivity contribution in [1.82, 2.24) is 4.98 Å². The zero-order chi connectivity index (χ0) is 18.6. The van der Waals surface area contributed by atoms with Crippen LogP contribution in [0.3, 0.4) is 0 Å². The number of hydrogen-bond donors (Lipinski definition) is 1. The van der Waals surface area contributed by atoms with Crippen LogP contribution in [0, 0.1) is 5.82 Å². The van der Waals surface area contributed by atoms with E-state index in [-0.39, 0.29) is 5.82 Å². The maximum Gasteiger partial charge on any atom is 0.300 e. The van der Waals surface area contributed by atoms with Gasteiger partial charge in [-0.2, -0.15) is 4.98 Å². The number of benzene rings is 3. The first kappa shape index (κ1) is 17.3. The first-order chi connectivity index (χ1) is 13.2. The number of unbranched alkanes of at least 4 members (excludes halogenated alkanes) is 1. The van der Waals surface area contributed by atoms with Gasteiger partial charge in [0.2, 0.25) is 0 Å². The molecule has 3 nitrogen and oxygen atoms in total. The number of hydrogen-bond acceptors (Lipinski definition) is 3. The summed E-state index contributed by atoms with van der Waals surface area (Å²) in [5.41, 5.74) is 5.26. The summed E-state index contributed by atoms with van der Waals surface area (Å²) < 4.78 is 19.4. The van der Waals surface area contributed by atoms with Gasteiger partial charge in [-0.3, -0.25) is 0 Å². The molecule has 0 unspecified atom stereocenters. The number of fused-ring (bicyclic) bond motifs is 1. The average Bonchev–Trinajstić information content (AvgIpc) is 3.10. The van der Waals surface area contributed by atoms with Gasteiger partial charge in [0.1, 0.15) is 11.3 Å². The van der Waals surface area contributed by atoms with Crippen LogP contribution >= 0.6 is 0 Å². The maximum absolute atomic E-state index is 13.6. The van der Waals surface area contributed by atoms with E-state index in [1.165, 1.54) is 30.5 Å². The molecule has 4 aromatic rings. The Labute approximate surface area is 157 Å². The van der Waals surface area contributed by atoms with E-state index in [1.807, 2.05) is 36.4 Å². The Morgan fingerprint density at radius 1 is 1.00 bits per heavy atom. The van der Waals surface area contributed by atoms with Gasteiger partial charge in [0.15, 0.2) is 5.58 Å².